The van der Waals surface area contributed by atoms with E-state index in [-0.39, 0.29) is 12.1 Å². The number of amidine groups is 1. The molecule has 6 heteroatoms. The van der Waals surface area contributed by atoms with Gasteiger partial charge >= 0.3 is 0 Å². The summed E-state index contributed by atoms with van der Waals surface area (Å²) in [5.74, 6) is 0. The highest BCUT2D eigenvalue weighted by molar-refractivity contribution is 8.14. The second-order valence-corrected chi connectivity index (χ2v) is 8.49. The number of fused-ring (bicyclic) bond motifs is 1. The predicted molar refractivity (Wildman–Crippen MR) is 109 cm³/mol. The normalized spacial score (nSPS) is 24.1. The van der Waals surface area contributed by atoms with Crippen molar-refractivity contribution in [2.45, 2.75) is 31.2 Å². The van der Waals surface area contributed by atoms with Crippen LogP contribution < -0.4 is 0 Å². The topological polar surface area (TPSA) is 46.3 Å². The van der Waals surface area contributed by atoms with E-state index in [1.165, 1.54) is 11.4 Å². The number of pyridine rings is 2. The molecule has 0 N–H and O–H groups in total. The summed E-state index contributed by atoms with van der Waals surface area (Å²) >= 11 is 1.87. The van der Waals surface area contributed by atoms with Crippen LogP contribution in [0.3, 0.4) is 0 Å². The molecular formula is C21H21N5S. The van der Waals surface area contributed by atoms with Gasteiger partial charge < -0.3 is 9.47 Å². The molecule has 136 valence electrons. The molecule has 5 rings (SSSR count). The molecule has 0 radical (unpaired) electrons. The minimum Gasteiger partial charge on any atom is -0.339 e. The van der Waals surface area contributed by atoms with Gasteiger partial charge in [-0.3, -0.25) is 15.0 Å². The quantitative estimate of drug-likeness (QED) is 0.689. The highest BCUT2D eigenvalue weighted by atomic mass is 32.2. The number of aromatic nitrogens is 3. The van der Waals surface area contributed by atoms with Crippen LogP contribution in [0.5, 0.6) is 0 Å². The Morgan fingerprint density at radius 3 is 2.78 bits per heavy atom. The lowest BCUT2D eigenvalue weighted by Gasteiger charge is -2.28. The third kappa shape index (κ3) is 2.75. The van der Waals surface area contributed by atoms with E-state index < -0.39 is 0 Å². The first-order chi connectivity index (χ1) is 13.2. The summed E-state index contributed by atoms with van der Waals surface area (Å²) in [4.78, 5) is 16.5. The molecule has 0 saturated carbocycles. The summed E-state index contributed by atoms with van der Waals surface area (Å²) in [6.45, 7) is 5.42. The second kappa shape index (κ2) is 6.53. The largest absolute Gasteiger partial charge is 0.339 e. The molecule has 3 aromatic rings. The van der Waals surface area contributed by atoms with Gasteiger partial charge in [0.25, 0.3) is 0 Å². The number of hydrogen-bond donors (Lipinski definition) is 0. The minimum atomic E-state index is 0.00548. The Labute approximate surface area is 163 Å². The highest BCUT2D eigenvalue weighted by Gasteiger charge is 2.44. The van der Waals surface area contributed by atoms with Gasteiger partial charge in [0.05, 0.1) is 23.6 Å². The summed E-state index contributed by atoms with van der Waals surface area (Å²) in [5.41, 5.74) is 4.55. The summed E-state index contributed by atoms with van der Waals surface area (Å²) < 4.78 is 2.31. The van der Waals surface area contributed by atoms with Crippen LogP contribution in [0.1, 0.15) is 36.1 Å². The van der Waals surface area contributed by atoms with Crippen molar-refractivity contribution in [1.82, 2.24) is 19.4 Å². The van der Waals surface area contributed by atoms with Gasteiger partial charge in [0.15, 0.2) is 5.17 Å². The van der Waals surface area contributed by atoms with Crippen molar-refractivity contribution in [3.63, 3.8) is 0 Å². The van der Waals surface area contributed by atoms with E-state index in [0.717, 1.165) is 23.1 Å². The van der Waals surface area contributed by atoms with Gasteiger partial charge in [0.1, 0.15) is 6.04 Å². The van der Waals surface area contributed by atoms with Crippen LogP contribution in [0.15, 0.2) is 66.0 Å². The summed E-state index contributed by atoms with van der Waals surface area (Å²) in [7, 11) is 0. The van der Waals surface area contributed by atoms with Crippen LogP contribution in [0, 0.1) is 6.92 Å². The second-order valence-electron chi connectivity index (χ2n) is 7.08. The Hall–Kier alpha value is -2.60. The maximum absolute atomic E-state index is 5.09. The molecule has 1 saturated heterocycles. The lowest BCUT2D eigenvalue weighted by molar-refractivity contribution is 0.312. The maximum atomic E-state index is 5.09. The van der Waals surface area contributed by atoms with Crippen LogP contribution in [0.4, 0.5) is 0 Å². The average Bonchev–Trinajstić information content (AvgIpc) is 3.34. The zero-order valence-electron chi connectivity index (χ0n) is 15.4. The van der Waals surface area contributed by atoms with Gasteiger partial charge in [-0.2, -0.15) is 0 Å². The zero-order valence-corrected chi connectivity index (χ0v) is 16.2. The Balaban J connectivity index is 1.65. The van der Waals surface area contributed by atoms with E-state index in [0.29, 0.717) is 5.25 Å². The van der Waals surface area contributed by atoms with Crippen molar-refractivity contribution in [2.75, 3.05) is 6.54 Å². The Morgan fingerprint density at radius 1 is 1.07 bits per heavy atom. The Bertz CT molecular complexity index is 982. The fourth-order valence-electron chi connectivity index (χ4n) is 4.07. The summed E-state index contributed by atoms with van der Waals surface area (Å²) in [5, 5.41) is 1.69. The molecule has 0 aliphatic carbocycles. The van der Waals surface area contributed by atoms with Crippen molar-refractivity contribution >= 4 is 16.9 Å². The predicted octanol–water partition coefficient (Wildman–Crippen LogP) is 4.17. The van der Waals surface area contributed by atoms with Crippen LogP contribution in [0.25, 0.3) is 5.69 Å². The number of hydrogen-bond acceptors (Lipinski definition) is 5. The van der Waals surface area contributed by atoms with E-state index in [2.05, 4.69) is 57.5 Å². The van der Waals surface area contributed by atoms with Crippen LogP contribution in [-0.2, 0) is 0 Å². The lowest BCUT2D eigenvalue weighted by Crippen LogP contribution is -2.30. The van der Waals surface area contributed by atoms with Crippen molar-refractivity contribution in [1.29, 1.82) is 0 Å². The number of aliphatic imine (C=N–C) groups is 1. The Morgan fingerprint density at radius 2 is 2.00 bits per heavy atom. The number of thioether (sulfide) groups is 1. The molecule has 1 fully saturated rings. The third-order valence-electron chi connectivity index (χ3n) is 5.19. The van der Waals surface area contributed by atoms with Crippen molar-refractivity contribution in [3.05, 3.63) is 78.1 Å². The molecule has 2 aliphatic heterocycles. The van der Waals surface area contributed by atoms with Crippen LogP contribution in [-0.4, -0.2) is 36.4 Å². The molecule has 27 heavy (non-hydrogen) atoms. The highest BCUT2D eigenvalue weighted by Crippen LogP contribution is 2.48. The standard InChI is InChI=1S/C21H21N5S/c1-14-8-9-18(26(14)16-6-5-10-22-12-16)20-19(17-7-3-4-11-23-17)24-21-25(20)13-15(2)27-21/h3-12,15,19-20H,13H2,1-2H3/t15-,19-,20+/m0/s1. The van der Waals surface area contributed by atoms with Gasteiger partial charge in [-0.15, -0.1) is 0 Å². The Kier molecular flexibility index (Phi) is 4.01. The average molecular weight is 376 g/mol. The first-order valence-electron chi connectivity index (χ1n) is 9.23. The van der Waals surface area contributed by atoms with Crippen molar-refractivity contribution in [2.24, 2.45) is 4.99 Å². The van der Waals surface area contributed by atoms with E-state index >= 15 is 0 Å². The molecule has 3 aromatic heterocycles. The minimum absolute atomic E-state index is 0.00548. The first-order valence-corrected chi connectivity index (χ1v) is 10.1. The summed E-state index contributed by atoms with van der Waals surface area (Å²) in [6, 6.07) is 14.7. The molecule has 0 unspecified atom stereocenters. The van der Waals surface area contributed by atoms with Crippen LogP contribution >= 0.6 is 11.8 Å². The fraction of sp³-hybridized carbons (Fsp3) is 0.286. The molecule has 0 aromatic carbocycles. The van der Waals surface area contributed by atoms with Gasteiger partial charge in [0, 0.05) is 35.6 Å². The molecule has 0 bridgehead atoms. The van der Waals surface area contributed by atoms with Gasteiger partial charge in [-0.1, -0.05) is 24.8 Å². The van der Waals surface area contributed by atoms with Gasteiger partial charge in [0.2, 0.25) is 0 Å². The number of nitrogens with zero attached hydrogens (tertiary/aromatic N) is 5. The molecule has 0 amide bonds. The molecule has 5 nitrogen and oxygen atoms in total. The fourth-order valence-corrected chi connectivity index (χ4v) is 5.16. The van der Waals surface area contributed by atoms with Crippen molar-refractivity contribution < 1.29 is 0 Å². The molecule has 5 heterocycles. The summed E-state index contributed by atoms with van der Waals surface area (Å²) in [6.07, 6.45) is 5.59. The molecule has 2 aliphatic rings. The smallest absolute Gasteiger partial charge is 0.160 e. The van der Waals surface area contributed by atoms with Gasteiger partial charge in [-0.25, -0.2) is 0 Å². The lowest BCUT2D eigenvalue weighted by atomic mass is 10.0. The van der Waals surface area contributed by atoms with E-state index in [1.807, 2.05) is 48.6 Å². The van der Waals surface area contributed by atoms with E-state index in [4.69, 9.17) is 4.99 Å². The number of aryl methyl sites for hydroxylation is 1. The molecular weight excluding hydrogens is 354 g/mol. The first kappa shape index (κ1) is 16.6. The molecule has 3 atom stereocenters. The molecule has 0 spiro atoms. The van der Waals surface area contributed by atoms with E-state index in [9.17, 15) is 0 Å². The SMILES string of the molecule is Cc1ccc([C@@H]2[C@H](c3ccccn3)N=C3S[C@@H](C)CN32)n1-c1cccnc1. The van der Waals surface area contributed by atoms with Crippen LogP contribution in [0.2, 0.25) is 0 Å². The maximum Gasteiger partial charge on any atom is 0.160 e. The van der Waals surface area contributed by atoms with E-state index in [1.54, 1.807) is 0 Å². The third-order valence-corrected chi connectivity index (χ3v) is 6.30. The zero-order chi connectivity index (χ0) is 18.4. The monoisotopic (exact) mass is 375 g/mol. The van der Waals surface area contributed by atoms with Crippen molar-refractivity contribution in [3.8, 4) is 5.69 Å². The van der Waals surface area contributed by atoms with Gasteiger partial charge in [-0.05, 0) is 43.3 Å². The number of rotatable bonds is 3.